The van der Waals surface area contributed by atoms with Crippen molar-refractivity contribution in [3.05, 3.63) is 78.1 Å². The van der Waals surface area contributed by atoms with Crippen molar-refractivity contribution in [3.8, 4) is 12.3 Å². The first-order valence-electron chi connectivity index (χ1n) is 7.75. The highest BCUT2D eigenvalue weighted by Gasteiger charge is 2.13. The minimum atomic E-state index is -0.427. The second-order valence-corrected chi connectivity index (χ2v) is 5.50. The number of terminal acetylenes is 1. The van der Waals surface area contributed by atoms with Gasteiger partial charge >= 0.3 is 0 Å². The second-order valence-electron chi connectivity index (χ2n) is 5.50. The predicted molar refractivity (Wildman–Crippen MR) is 98.8 cm³/mol. The average Bonchev–Trinajstić information content (AvgIpc) is 2.69. The molecule has 5 nitrogen and oxygen atoms in total. The van der Waals surface area contributed by atoms with Crippen molar-refractivity contribution in [2.24, 2.45) is 0 Å². The van der Waals surface area contributed by atoms with E-state index >= 15 is 0 Å². The number of nitrogens with one attached hydrogen (secondary N) is 1. The van der Waals surface area contributed by atoms with Crippen molar-refractivity contribution in [1.29, 1.82) is 0 Å². The fraction of sp³-hybridized carbons (Fsp3) is 0.0500. The Morgan fingerprint density at radius 2 is 1.96 bits per heavy atom. The van der Waals surface area contributed by atoms with Crippen LogP contribution in [-0.4, -0.2) is 22.9 Å². The van der Waals surface area contributed by atoms with Crippen LogP contribution in [0.5, 0.6) is 0 Å². The molecule has 26 heavy (non-hydrogen) atoms. The number of aromatic nitrogens is 2. The molecule has 0 radical (unpaired) electrons. The van der Waals surface area contributed by atoms with E-state index in [1.807, 2.05) is 0 Å². The van der Waals surface area contributed by atoms with Gasteiger partial charge in [-0.25, -0.2) is 14.4 Å². The van der Waals surface area contributed by atoms with Gasteiger partial charge in [-0.15, -0.1) is 6.42 Å². The molecule has 0 aliphatic carbocycles. The van der Waals surface area contributed by atoms with Crippen molar-refractivity contribution >= 4 is 23.0 Å². The maximum atomic E-state index is 14.2. The van der Waals surface area contributed by atoms with Crippen molar-refractivity contribution in [2.45, 2.75) is 0 Å². The lowest BCUT2D eigenvalue weighted by Crippen LogP contribution is -2.15. The van der Waals surface area contributed by atoms with Crippen LogP contribution in [0.4, 0.5) is 21.5 Å². The Hall–Kier alpha value is -3.72. The van der Waals surface area contributed by atoms with Gasteiger partial charge in [0, 0.05) is 23.9 Å². The van der Waals surface area contributed by atoms with E-state index in [1.165, 1.54) is 18.5 Å². The highest BCUT2D eigenvalue weighted by atomic mass is 19.1. The van der Waals surface area contributed by atoms with E-state index < -0.39 is 5.82 Å². The minimum absolute atomic E-state index is 0.287. The summed E-state index contributed by atoms with van der Waals surface area (Å²) in [7, 11) is 1.69. The van der Waals surface area contributed by atoms with Gasteiger partial charge in [0.1, 0.15) is 12.1 Å². The van der Waals surface area contributed by atoms with Crippen LogP contribution in [0, 0.1) is 18.2 Å². The monoisotopic (exact) mass is 346 g/mol. The van der Waals surface area contributed by atoms with E-state index in [1.54, 1.807) is 54.7 Å². The maximum Gasteiger partial charge on any atom is 0.255 e. The van der Waals surface area contributed by atoms with E-state index in [2.05, 4.69) is 21.2 Å². The molecule has 0 aliphatic rings. The molecule has 0 spiro atoms. The molecule has 128 valence electrons. The summed E-state index contributed by atoms with van der Waals surface area (Å²) < 4.78 is 14.2. The van der Waals surface area contributed by atoms with E-state index in [-0.39, 0.29) is 11.6 Å². The summed E-state index contributed by atoms with van der Waals surface area (Å²) in [4.78, 5) is 21.9. The number of carbonyl (C=O) groups is 1. The topological polar surface area (TPSA) is 58.1 Å². The predicted octanol–water partition coefficient (Wildman–Crippen LogP) is 3.62. The molecule has 2 aromatic carbocycles. The SMILES string of the molecule is C#Cc1cccc(C(=O)Nc2ccc(F)c(N(C)c3cncnc3)c2)c1. The van der Waals surface area contributed by atoms with Crippen LogP contribution in [0.3, 0.4) is 0 Å². The van der Waals surface area contributed by atoms with Gasteiger partial charge in [-0.05, 0) is 36.4 Å². The number of nitrogens with zero attached hydrogens (tertiary/aromatic N) is 3. The molecule has 0 saturated heterocycles. The van der Waals surface area contributed by atoms with Gasteiger partial charge in [-0.2, -0.15) is 0 Å². The van der Waals surface area contributed by atoms with Crippen molar-refractivity contribution in [1.82, 2.24) is 9.97 Å². The molecule has 3 aromatic rings. The smallest absolute Gasteiger partial charge is 0.255 e. The van der Waals surface area contributed by atoms with Crippen LogP contribution in [0.15, 0.2) is 61.2 Å². The summed E-state index contributed by atoms with van der Waals surface area (Å²) in [5.41, 5.74) is 2.41. The second kappa shape index (κ2) is 7.45. The van der Waals surface area contributed by atoms with Gasteiger partial charge in [0.15, 0.2) is 0 Å². The fourth-order valence-electron chi connectivity index (χ4n) is 2.40. The van der Waals surface area contributed by atoms with Crippen LogP contribution >= 0.6 is 0 Å². The Kier molecular flexibility index (Phi) is 4.90. The molecule has 1 aromatic heterocycles. The molecule has 3 rings (SSSR count). The van der Waals surface area contributed by atoms with Gasteiger partial charge in [-0.1, -0.05) is 12.0 Å². The van der Waals surface area contributed by atoms with Crippen LogP contribution in [0.2, 0.25) is 0 Å². The third kappa shape index (κ3) is 3.68. The Balaban J connectivity index is 1.85. The minimum Gasteiger partial charge on any atom is -0.340 e. The molecule has 0 bridgehead atoms. The molecule has 1 heterocycles. The normalized spacial score (nSPS) is 10.0. The van der Waals surface area contributed by atoms with Gasteiger partial charge in [0.2, 0.25) is 0 Å². The zero-order valence-corrected chi connectivity index (χ0v) is 14.0. The molecular weight excluding hydrogens is 331 g/mol. The molecule has 1 N–H and O–H groups in total. The summed E-state index contributed by atoms with van der Waals surface area (Å²) in [5.74, 6) is 1.73. The maximum absolute atomic E-state index is 14.2. The average molecular weight is 346 g/mol. The van der Waals surface area contributed by atoms with Crippen LogP contribution in [0.1, 0.15) is 15.9 Å². The van der Waals surface area contributed by atoms with Crippen LogP contribution in [-0.2, 0) is 0 Å². The molecule has 0 saturated carbocycles. The summed E-state index contributed by atoms with van der Waals surface area (Å²) in [6, 6.07) is 11.1. The quantitative estimate of drug-likeness (QED) is 0.733. The first kappa shape index (κ1) is 17.1. The Morgan fingerprint density at radius 1 is 1.19 bits per heavy atom. The summed E-state index contributed by atoms with van der Waals surface area (Å²) >= 11 is 0. The van der Waals surface area contributed by atoms with Crippen LogP contribution in [0.25, 0.3) is 0 Å². The molecule has 0 fully saturated rings. The number of anilines is 3. The number of carbonyl (C=O) groups excluding carboxylic acids is 1. The third-order valence-electron chi connectivity index (χ3n) is 3.79. The molecule has 1 amide bonds. The standard InChI is InChI=1S/C20H15FN4O/c1-3-14-5-4-6-15(9-14)20(26)24-16-7-8-18(21)19(10-16)25(2)17-11-22-13-23-12-17/h1,4-13H,2H3,(H,24,26). The number of halogens is 1. The molecule has 0 aliphatic heterocycles. The number of benzene rings is 2. The van der Waals surface area contributed by atoms with Gasteiger partial charge in [0.05, 0.1) is 23.8 Å². The number of rotatable bonds is 4. The fourth-order valence-corrected chi connectivity index (χ4v) is 2.40. The van der Waals surface area contributed by atoms with Crippen molar-refractivity contribution in [3.63, 3.8) is 0 Å². The highest BCUT2D eigenvalue weighted by molar-refractivity contribution is 6.04. The lowest BCUT2D eigenvalue weighted by Gasteiger charge is -2.20. The lowest BCUT2D eigenvalue weighted by molar-refractivity contribution is 0.102. The first-order chi connectivity index (χ1) is 12.6. The molecule has 0 atom stereocenters. The summed E-state index contributed by atoms with van der Waals surface area (Å²) in [6.07, 6.45) is 9.90. The zero-order chi connectivity index (χ0) is 18.5. The van der Waals surface area contributed by atoms with Crippen molar-refractivity contribution in [2.75, 3.05) is 17.3 Å². The Bertz CT molecular complexity index is 983. The largest absolute Gasteiger partial charge is 0.340 e. The Morgan fingerprint density at radius 3 is 2.69 bits per heavy atom. The first-order valence-corrected chi connectivity index (χ1v) is 7.75. The van der Waals surface area contributed by atoms with E-state index in [0.717, 1.165) is 0 Å². The third-order valence-corrected chi connectivity index (χ3v) is 3.79. The van der Waals surface area contributed by atoms with Crippen molar-refractivity contribution < 1.29 is 9.18 Å². The van der Waals surface area contributed by atoms with Gasteiger partial charge < -0.3 is 10.2 Å². The van der Waals surface area contributed by atoms with Crippen LogP contribution < -0.4 is 10.2 Å². The van der Waals surface area contributed by atoms with E-state index in [9.17, 15) is 9.18 Å². The molecule has 0 unspecified atom stereocenters. The van der Waals surface area contributed by atoms with Gasteiger partial charge in [-0.3, -0.25) is 4.79 Å². The number of hydrogen-bond donors (Lipinski definition) is 1. The Labute approximate surface area is 150 Å². The number of hydrogen-bond acceptors (Lipinski definition) is 4. The van der Waals surface area contributed by atoms with E-state index in [4.69, 9.17) is 6.42 Å². The molecule has 6 heteroatoms. The highest BCUT2D eigenvalue weighted by Crippen LogP contribution is 2.28. The summed E-state index contributed by atoms with van der Waals surface area (Å²) in [5, 5.41) is 2.75. The van der Waals surface area contributed by atoms with E-state index in [0.29, 0.717) is 22.5 Å². The zero-order valence-electron chi connectivity index (χ0n) is 14.0. The summed E-state index contributed by atoms with van der Waals surface area (Å²) in [6.45, 7) is 0. The number of amides is 1. The molecular formula is C20H15FN4O. The van der Waals surface area contributed by atoms with Gasteiger partial charge in [0.25, 0.3) is 5.91 Å². The lowest BCUT2D eigenvalue weighted by atomic mass is 10.1.